The molecule has 4 aliphatic rings. The number of anilines is 1. The molecule has 62 heavy (non-hydrogen) atoms. The van der Waals surface area contributed by atoms with Crippen molar-refractivity contribution in [2.75, 3.05) is 19.1 Å². The predicted octanol–water partition coefficient (Wildman–Crippen LogP) is 9.76. The van der Waals surface area contributed by atoms with Crippen LogP contribution in [-0.4, -0.2) is 42.7 Å². The number of methoxy groups -OCH3 is 2. The number of fused-ring (bicyclic) bond motifs is 5. The third-order valence-corrected chi connectivity index (χ3v) is 13.7. The van der Waals surface area contributed by atoms with Crippen LogP contribution in [0.15, 0.2) is 157 Å². The van der Waals surface area contributed by atoms with E-state index in [4.69, 9.17) is 9.47 Å². The van der Waals surface area contributed by atoms with Gasteiger partial charge in [-0.3, -0.25) is 24.1 Å². The molecule has 10 rings (SSSR count). The van der Waals surface area contributed by atoms with Crippen LogP contribution < -0.4 is 14.4 Å². The van der Waals surface area contributed by atoms with E-state index in [2.05, 4.69) is 0 Å². The average Bonchev–Trinajstić information content (AvgIpc) is 3.58. The molecule has 6 aromatic rings. The van der Waals surface area contributed by atoms with Crippen LogP contribution in [0.1, 0.15) is 46.6 Å². The fourth-order valence-electron chi connectivity index (χ4n) is 10.9. The van der Waals surface area contributed by atoms with Gasteiger partial charge in [0, 0.05) is 33.9 Å². The number of nitrogens with zero attached hydrogens (tertiary/aromatic N) is 1. The summed E-state index contributed by atoms with van der Waals surface area (Å²) in [6.07, 6.45) is 7.81. The molecule has 1 saturated carbocycles. The molecule has 8 heteroatoms. The van der Waals surface area contributed by atoms with Crippen molar-refractivity contribution in [2.45, 2.75) is 24.2 Å². The Hall–Kier alpha value is -7.32. The number of imide groups is 1. The molecule has 0 spiro atoms. The smallest absolute Gasteiger partial charge is 0.238 e. The molecule has 3 aliphatic carbocycles. The second kappa shape index (κ2) is 15.3. The number of benzene rings is 6. The number of Topliss-reactive ketones (excluding diaryl/α,β-unsaturated/α-hetero) is 1. The molecular weight excluding hydrogens is 775 g/mol. The Kier molecular flexibility index (Phi) is 9.59. The van der Waals surface area contributed by atoms with E-state index in [1.807, 2.05) is 146 Å². The van der Waals surface area contributed by atoms with Crippen molar-refractivity contribution < 1.29 is 33.8 Å². The van der Waals surface area contributed by atoms with E-state index in [1.54, 1.807) is 26.4 Å². The second-order valence-corrected chi connectivity index (χ2v) is 16.6. The largest absolute Gasteiger partial charge is 0.507 e. The minimum atomic E-state index is -1.45. The molecule has 0 unspecified atom stereocenters. The Morgan fingerprint density at radius 2 is 1.45 bits per heavy atom. The molecule has 0 aromatic heterocycles. The number of ether oxygens (including phenoxy) is 2. The van der Waals surface area contributed by atoms with Gasteiger partial charge in [-0.1, -0.05) is 133 Å². The zero-order valence-corrected chi connectivity index (χ0v) is 34.2. The van der Waals surface area contributed by atoms with E-state index >= 15 is 9.59 Å². The molecule has 0 bridgehead atoms. The monoisotopic (exact) mass is 817 g/mol. The number of amides is 2. The van der Waals surface area contributed by atoms with Gasteiger partial charge in [-0.15, -0.1) is 0 Å². The standard InChI is InChI=1S/C54H43NO7/c1-61-38-24-28-46(62-2)35(29-38)20-17-32-18-22-37(23-19-32)55-52(59)41-27-26-40-44(48(41)53(55)60)30-45-51(58)43(33-11-5-3-6-12-33)31-47(56)54(45,36-14-7-4-8-15-36)49(40)42-25-21-34-13-9-10-16-39(34)50(42)57/h3-26,28-29,31,41,44-45,48-49,57H,27,30H2,1-2H3/t41-,44+,45-,48-,49+,54-/m0/s1. The van der Waals surface area contributed by atoms with Crippen molar-refractivity contribution in [2.24, 2.45) is 23.7 Å². The average molecular weight is 818 g/mol. The summed E-state index contributed by atoms with van der Waals surface area (Å²) in [5.41, 5.74) is 3.63. The van der Waals surface area contributed by atoms with Crippen molar-refractivity contribution in [1.29, 1.82) is 0 Å². The van der Waals surface area contributed by atoms with Gasteiger partial charge in [-0.05, 0) is 77.2 Å². The number of phenolic OH excluding ortho intramolecular Hbond substituents is 1. The predicted molar refractivity (Wildman–Crippen MR) is 240 cm³/mol. The first-order valence-electron chi connectivity index (χ1n) is 20.9. The van der Waals surface area contributed by atoms with Gasteiger partial charge in [0.1, 0.15) is 17.2 Å². The molecule has 1 saturated heterocycles. The maximum Gasteiger partial charge on any atom is 0.238 e. The Morgan fingerprint density at radius 1 is 0.726 bits per heavy atom. The van der Waals surface area contributed by atoms with E-state index in [9.17, 15) is 14.7 Å². The van der Waals surface area contributed by atoms with E-state index in [0.717, 1.165) is 22.1 Å². The molecule has 6 atom stereocenters. The minimum absolute atomic E-state index is 0.0263. The molecule has 2 amide bonds. The van der Waals surface area contributed by atoms with Crippen LogP contribution in [0, 0.1) is 23.7 Å². The van der Waals surface area contributed by atoms with Gasteiger partial charge < -0.3 is 14.6 Å². The second-order valence-electron chi connectivity index (χ2n) is 16.6. The summed E-state index contributed by atoms with van der Waals surface area (Å²) in [4.78, 5) is 61.5. The van der Waals surface area contributed by atoms with Gasteiger partial charge in [0.15, 0.2) is 11.6 Å². The van der Waals surface area contributed by atoms with Crippen LogP contribution in [0.5, 0.6) is 17.2 Å². The van der Waals surface area contributed by atoms with E-state index < -0.39 is 35.0 Å². The Labute approximate surface area is 359 Å². The van der Waals surface area contributed by atoms with Gasteiger partial charge in [0.25, 0.3) is 0 Å². The number of aromatic hydroxyl groups is 1. The number of hydrogen-bond acceptors (Lipinski definition) is 7. The highest BCUT2D eigenvalue weighted by molar-refractivity contribution is 6.32. The first-order chi connectivity index (χ1) is 30.2. The van der Waals surface area contributed by atoms with E-state index in [-0.39, 0.29) is 42.0 Å². The lowest BCUT2D eigenvalue weighted by atomic mass is 9.44. The molecule has 1 aliphatic heterocycles. The fourth-order valence-corrected chi connectivity index (χ4v) is 10.9. The van der Waals surface area contributed by atoms with Crippen LogP contribution >= 0.6 is 0 Å². The number of carbonyl (C=O) groups excluding carboxylic acids is 4. The Balaban J connectivity index is 1.08. The van der Waals surface area contributed by atoms with E-state index in [0.29, 0.717) is 44.8 Å². The number of rotatable bonds is 8. The first kappa shape index (κ1) is 38.9. The van der Waals surface area contributed by atoms with Crippen molar-refractivity contribution in [3.8, 4) is 17.2 Å². The van der Waals surface area contributed by atoms with Gasteiger partial charge in [-0.2, -0.15) is 0 Å². The number of allylic oxidation sites excluding steroid dienone is 4. The Bertz CT molecular complexity index is 2900. The van der Waals surface area contributed by atoms with Crippen LogP contribution in [0.3, 0.4) is 0 Å². The molecule has 6 aromatic carbocycles. The summed E-state index contributed by atoms with van der Waals surface area (Å²) >= 11 is 0. The number of ketones is 2. The highest BCUT2D eigenvalue weighted by Crippen LogP contribution is 2.65. The van der Waals surface area contributed by atoms with Crippen molar-refractivity contribution in [3.63, 3.8) is 0 Å². The quantitative estimate of drug-likeness (QED) is 0.0926. The fraction of sp³-hybridized carbons (Fsp3) is 0.185. The van der Waals surface area contributed by atoms with Crippen LogP contribution in [-0.2, 0) is 24.6 Å². The minimum Gasteiger partial charge on any atom is -0.507 e. The zero-order valence-electron chi connectivity index (χ0n) is 34.2. The lowest BCUT2D eigenvalue weighted by Gasteiger charge is -2.55. The lowest BCUT2D eigenvalue weighted by molar-refractivity contribution is -0.135. The molecular formula is C54H43NO7. The van der Waals surface area contributed by atoms with Crippen LogP contribution in [0.2, 0.25) is 0 Å². The summed E-state index contributed by atoms with van der Waals surface area (Å²) < 4.78 is 10.9. The summed E-state index contributed by atoms with van der Waals surface area (Å²) in [5.74, 6) is -3.40. The maximum absolute atomic E-state index is 15.4. The highest BCUT2D eigenvalue weighted by atomic mass is 16.5. The summed E-state index contributed by atoms with van der Waals surface area (Å²) in [5, 5.41) is 13.7. The SMILES string of the molecule is COc1ccc(OC)c(C=Cc2ccc(N3C(=O)[C@H]4[C@H](CC=C5[C@H]4C[C@H]4C(=O)C(c6ccccc6)=CC(=O)[C@@]4(c4ccccc4)[C@H]5c4ccc5ccccc5c4O)C3=O)cc2)c1. The normalized spacial score (nSPS) is 24.4. The lowest BCUT2D eigenvalue weighted by Crippen LogP contribution is -2.58. The zero-order chi connectivity index (χ0) is 42.7. The third-order valence-electron chi connectivity index (χ3n) is 13.7. The molecule has 1 N–H and O–H groups in total. The van der Waals surface area contributed by atoms with Gasteiger partial charge in [-0.25, -0.2) is 0 Å². The van der Waals surface area contributed by atoms with E-state index in [1.165, 1.54) is 11.0 Å². The van der Waals surface area contributed by atoms with Crippen molar-refractivity contribution in [3.05, 3.63) is 185 Å². The highest BCUT2D eigenvalue weighted by Gasteiger charge is 2.66. The summed E-state index contributed by atoms with van der Waals surface area (Å²) in [6, 6.07) is 42.8. The van der Waals surface area contributed by atoms with Gasteiger partial charge in [0.2, 0.25) is 11.8 Å². The maximum atomic E-state index is 15.4. The number of hydrogen-bond donors (Lipinski definition) is 1. The van der Waals surface area contributed by atoms with Gasteiger partial charge >= 0.3 is 0 Å². The van der Waals surface area contributed by atoms with Gasteiger partial charge in [0.05, 0.1) is 37.2 Å². The first-order valence-corrected chi connectivity index (χ1v) is 20.9. The summed E-state index contributed by atoms with van der Waals surface area (Å²) in [7, 11) is 3.22. The molecule has 0 radical (unpaired) electrons. The third kappa shape index (κ3) is 5.96. The van der Waals surface area contributed by atoms with Crippen LogP contribution in [0.4, 0.5) is 5.69 Å². The number of phenols is 1. The molecule has 8 nitrogen and oxygen atoms in total. The van der Waals surface area contributed by atoms with Crippen LogP contribution in [0.25, 0.3) is 28.5 Å². The number of carbonyl (C=O) groups is 4. The topological polar surface area (TPSA) is 110 Å². The van der Waals surface area contributed by atoms with Crippen molar-refractivity contribution in [1.82, 2.24) is 0 Å². The summed E-state index contributed by atoms with van der Waals surface area (Å²) in [6.45, 7) is 0. The molecule has 306 valence electrons. The molecule has 1 heterocycles. The van der Waals surface area contributed by atoms with Crippen molar-refractivity contribution >= 4 is 57.6 Å². The molecule has 2 fully saturated rings. The Morgan fingerprint density at radius 3 is 2.19 bits per heavy atom.